The summed E-state index contributed by atoms with van der Waals surface area (Å²) >= 11 is 0. The van der Waals surface area contributed by atoms with Crippen LogP contribution >= 0.6 is 0 Å². The van der Waals surface area contributed by atoms with Gasteiger partial charge in [0.15, 0.2) is 16.6 Å². The first-order chi connectivity index (χ1) is 12.9. The van der Waals surface area contributed by atoms with Crippen LogP contribution in [0.25, 0.3) is 0 Å². The van der Waals surface area contributed by atoms with Crippen molar-refractivity contribution < 1.29 is 8.23 Å². The van der Waals surface area contributed by atoms with Gasteiger partial charge in [0.25, 0.3) is 0 Å². The molecule has 5 heteroatoms. The Labute approximate surface area is 171 Å². The largest absolute Gasteiger partial charge is 0.433 e. The number of hydrogen-bond acceptors (Lipinski definition) is 2. The van der Waals surface area contributed by atoms with Crippen molar-refractivity contribution in [3.63, 3.8) is 0 Å². The van der Waals surface area contributed by atoms with Crippen molar-refractivity contribution in [1.29, 1.82) is 0 Å². The van der Waals surface area contributed by atoms with Gasteiger partial charge in [0.05, 0.1) is 0 Å². The topological polar surface area (TPSA) is 18.5 Å². The molecule has 0 radical (unpaired) electrons. The smallest absolute Gasteiger partial charge is 0.352 e. The molecule has 0 aromatic heterocycles. The average molecular weight is 423 g/mol. The molecule has 2 nitrogen and oxygen atoms in total. The average Bonchev–Trinajstić information content (AvgIpc) is 2.75. The van der Waals surface area contributed by atoms with Crippen LogP contribution in [0.3, 0.4) is 0 Å². The van der Waals surface area contributed by atoms with Crippen LogP contribution in [0.5, 0.6) is 0 Å². The van der Waals surface area contributed by atoms with Gasteiger partial charge in [-0.05, 0) is 53.9 Å². The first-order valence-electron chi connectivity index (χ1n) is 11.0. The molecule has 0 saturated heterocycles. The summed E-state index contributed by atoms with van der Waals surface area (Å²) in [6, 6.07) is 18.9. The zero-order valence-electron chi connectivity index (χ0n) is 18.6. The van der Waals surface area contributed by atoms with E-state index in [4.69, 9.17) is 8.23 Å². The van der Waals surface area contributed by atoms with E-state index >= 15 is 0 Å². The van der Waals surface area contributed by atoms with Crippen molar-refractivity contribution in [2.75, 3.05) is 0 Å². The quantitative estimate of drug-likeness (QED) is 0.238. The molecule has 0 unspecified atom stereocenters. The van der Waals surface area contributed by atoms with Crippen LogP contribution in [0, 0.1) is 0 Å². The van der Waals surface area contributed by atoms with Crippen molar-refractivity contribution in [3.8, 4) is 0 Å². The van der Waals surface area contributed by atoms with E-state index in [9.17, 15) is 0 Å². The Morgan fingerprint density at radius 1 is 0.741 bits per heavy atom. The monoisotopic (exact) mass is 422 g/mol. The Kier molecular flexibility index (Phi) is 10.5. The molecule has 0 aliphatic heterocycles. The highest BCUT2D eigenvalue weighted by atomic mass is 28.5. The molecule has 27 heavy (non-hydrogen) atoms. The third-order valence-corrected chi connectivity index (χ3v) is 22.5. The predicted octanol–water partition coefficient (Wildman–Crippen LogP) is 6.96. The lowest BCUT2D eigenvalue weighted by Gasteiger charge is -2.46. The highest BCUT2D eigenvalue weighted by molar-refractivity contribution is 6.96. The zero-order valence-corrected chi connectivity index (χ0v) is 21.6. The van der Waals surface area contributed by atoms with Crippen molar-refractivity contribution in [2.24, 2.45) is 0 Å². The van der Waals surface area contributed by atoms with Crippen LogP contribution in [0.4, 0.5) is 0 Å². The molecule has 0 spiro atoms. The van der Waals surface area contributed by atoms with Gasteiger partial charge < -0.3 is 8.23 Å². The van der Waals surface area contributed by atoms with Gasteiger partial charge in [-0.2, -0.15) is 0 Å². The predicted molar refractivity (Wildman–Crippen MR) is 128 cm³/mol. The first kappa shape index (κ1) is 24.6. The van der Waals surface area contributed by atoms with Crippen LogP contribution in [-0.4, -0.2) is 25.2 Å². The molecule has 0 amide bonds. The van der Waals surface area contributed by atoms with E-state index in [1.54, 1.807) is 0 Å². The van der Waals surface area contributed by atoms with Gasteiger partial charge in [-0.1, -0.05) is 78.0 Å². The van der Waals surface area contributed by atoms with E-state index in [0.717, 1.165) is 48.7 Å². The fourth-order valence-electron chi connectivity index (χ4n) is 4.00. The maximum atomic E-state index is 7.37. The first-order valence-corrected chi connectivity index (χ1v) is 18.1. The Morgan fingerprint density at radius 3 is 1.48 bits per heavy atom. The summed E-state index contributed by atoms with van der Waals surface area (Å²) in [6.45, 7) is 17.9. The Hall–Kier alpha value is -0.469. The maximum absolute atomic E-state index is 7.37. The second-order valence-electron chi connectivity index (χ2n) is 7.64. The molecule has 0 N–H and O–H groups in total. The Balaban J connectivity index is 3.55. The van der Waals surface area contributed by atoms with E-state index in [1.807, 2.05) is 6.08 Å². The van der Waals surface area contributed by atoms with Gasteiger partial charge in [0, 0.05) is 0 Å². The van der Waals surface area contributed by atoms with Crippen LogP contribution < -0.4 is 5.19 Å². The van der Waals surface area contributed by atoms with Crippen molar-refractivity contribution in [2.45, 2.75) is 90.3 Å². The minimum Gasteiger partial charge on any atom is -0.433 e. The molecular weight excluding hydrogens is 380 g/mol. The standard InChI is InChI=1S/C22H42O2Si3/c1-8-15-21-27(22-19-17-16-18-20-22,23-25(9-2,10-3)11-4)24-26(12-5,13-6)14-7/h8,16-20H,1,9-15,21H2,2-7H3. The molecule has 0 bridgehead atoms. The van der Waals surface area contributed by atoms with Crippen molar-refractivity contribution in [1.82, 2.24) is 0 Å². The van der Waals surface area contributed by atoms with Gasteiger partial charge in [0.2, 0.25) is 0 Å². The van der Waals surface area contributed by atoms with Gasteiger partial charge in [-0.15, -0.1) is 6.58 Å². The Morgan fingerprint density at radius 2 is 1.15 bits per heavy atom. The highest BCUT2D eigenvalue weighted by Crippen LogP contribution is 2.34. The third kappa shape index (κ3) is 6.00. The number of benzene rings is 1. The minimum atomic E-state index is -2.54. The molecule has 0 aliphatic rings. The second-order valence-corrected chi connectivity index (χ2v) is 20.8. The van der Waals surface area contributed by atoms with E-state index in [2.05, 4.69) is 78.5 Å². The lowest BCUT2D eigenvalue weighted by molar-refractivity contribution is 0.376. The maximum Gasteiger partial charge on any atom is 0.352 e. The van der Waals surface area contributed by atoms with E-state index < -0.39 is 25.2 Å². The van der Waals surface area contributed by atoms with Crippen LogP contribution in [-0.2, 0) is 8.23 Å². The summed E-state index contributed by atoms with van der Waals surface area (Å²) in [5.41, 5.74) is 0. The summed E-state index contributed by atoms with van der Waals surface area (Å²) < 4.78 is 14.7. The molecule has 0 aliphatic carbocycles. The van der Waals surface area contributed by atoms with Gasteiger partial charge in [-0.25, -0.2) is 0 Å². The van der Waals surface area contributed by atoms with Gasteiger partial charge in [0.1, 0.15) is 0 Å². The van der Waals surface area contributed by atoms with Crippen molar-refractivity contribution in [3.05, 3.63) is 43.0 Å². The molecule has 0 heterocycles. The van der Waals surface area contributed by atoms with Crippen LogP contribution in [0.1, 0.15) is 48.0 Å². The van der Waals surface area contributed by atoms with E-state index in [-0.39, 0.29) is 0 Å². The summed E-state index contributed by atoms with van der Waals surface area (Å²) in [5, 5.41) is 1.33. The zero-order chi connectivity index (χ0) is 20.4. The fraction of sp³-hybridized carbons (Fsp3) is 0.636. The summed E-state index contributed by atoms with van der Waals surface area (Å²) in [7, 11) is -6.14. The molecule has 154 valence electrons. The van der Waals surface area contributed by atoms with Crippen LogP contribution in [0.2, 0.25) is 42.3 Å². The molecular formula is C22H42O2Si3. The lowest BCUT2D eigenvalue weighted by atomic mass is 10.4. The SMILES string of the molecule is C=CCC[Si](O[Si](CC)(CC)CC)(O[Si](CC)(CC)CC)c1ccccc1. The second kappa shape index (κ2) is 11.5. The van der Waals surface area contributed by atoms with Crippen LogP contribution in [0.15, 0.2) is 43.0 Å². The molecule has 0 atom stereocenters. The summed E-state index contributed by atoms with van der Waals surface area (Å²) in [6.07, 6.45) is 3.00. The Bertz CT molecular complexity index is 501. The minimum absolute atomic E-state index is 0.963. The fourth-order valence-corrected chi connectivity index (χ4v) is 19.9. The van der Waals surface area contributed by atoms with E-state index in [0.29, 0.717) is 0 Å². The van der Waals surface area contributed by atoms with E-state index in [1.165, 1.54) is 5.19 Å². The van der Waals surface area contributed by atoms with Gasteiger partial charge in [-0.3, -0.25) is 0 Å². The third-order valence-electron chi connectivity index (χ3n) is 6.52. The normalized spacial score (nSPS) is 13.0. The number of allylic oxidation sites excluding steroid dienone is 1. The van der Waals surface area contributed by atoms with Gasteiger partial charge >= 0.3 is 8.56 Å². The highest BCUT2D eigenvalue weighted by Gasteiger charge is 2.50. The van der Waals surface area contributed by atoms with Crippen molar-refractivity contribution >= 4 is 30.4 Å². The lowest BCUT2D eigenvalue weighted by Crippen LogP contribution is -2.64. The number of rotatable bonds is 14. The molecule has 0 saturated carbocycles. The molecule has 1 rings (SSSR count). The summed E-state index contributed by atoms with van der Waals surface area (Å²) in [4.78, 5) is 0. The molecule has 0 fully saturated rings. The summed E-state index contributed by atoms with van der Waals surface area (Å²) in [5.74, 6) is 0. The molecule has 1 aromatic carbocycles. The molecule has 1 aromatic rings. The number of hydrogen-bond donors (Lipinski definition) is 0.